The fourth-order valence-corrected chi connectivity index (χ4v) is 2.23. The van der Waals surface area contributed by atoms with Gasteiger partial charge in [0.25, 0.3) is 0 Å². The highest BCUT2D eigenvalue weighted by atomic mass is 15.1. The fraction of sp³-hybridized carbons (Fsp3) is 0.375. The number of hydrogen-bond acceptors (Lipinski definition) is 4. The Morgan fingerprint density at radius 1 is 1.10 bits per heavy atom. The minimum absolute atomic E-state index is 0.132. The van der Waals surface area contributed by atoms with Gasteiger partial charge < -0.3 is 10.2 Å². The molecule has 2 rings (SSSR count). The summed E-state index contributed by atoms with van der Waals surface area (Å²) in [6.07, 6.45) is 3.46. The van der Waals surface area contributed by atoms with E-state index in [9.17, 15) is 0 Å². The topological polar surface area (TPSA) is 41.0 Å². The molecule has 0 spiro atoms. The molecule has 0 bridgehead atoms. The van der Waals surface area contributed by atoms with Crippen molar-refractivity contribution in [2.24, 2.45) is 0 Å². The van der Waals surface area contributed by atoms with Gasteiger partial charge >= 0.3 is 0 Å². The summed E-state index contributed by atoms with van der Waals surface area (Å²) in [5.41, 5.74) is 5.52. The Hall–Kier alpha value is -2.10. The Bertz CT molecular complexity index is 593. The molecular weight excluding hydrogens is 248 g/mol. The number of benzene rings is 1. The maximum Gasteiger partial charge on any atom is 0.0835 e. The van der Waals surface area contributed by atoms with Gasteiger partial charge in [-0.15, -0.1) is 0 Å². The van der Waals surface area contributed by atoms with Crippen molar-refractivity contribution in [1.29, 1.82) is 0 Å². The second kappa shape index (κ2) is 5.90. The van der Waals surface area contributed by atoms with E-state index in [4.69, 9.17) is 0 Å². The standard InChI is InChI=1S/C16H22N4/c1-11-10-14(20(4)5)6-7-15(11)19-13(3)16-12(2)17-8-9-18-16/h6-10,13,19H,1-5H3. The number of nitrogens with zero attached hydrogens (tertiary/aromatic N) is 3. The SMILES string of the molecule is Cc1cc(N(C)C)ccc1NC(C)c1nccnc1C. The lowest BCUT2D eigenvalue weighted by Gasteiger charge is -2.20. The molecule has 1 N–H and O–H groups in total. The summed E-state index contributed by atoms with van der Waals surface area (Å²) in [6.45, 7) is 6.21. The van der Waals surface area contributed by atoms with Crippen LogP contribution in [-0.4, -0.2) is 24.1 Å². The molecule has 20 heavy (non-hydrogen) atoms. The molecule has 1 atom stereocenters. The molecule has 1 unspecified atom stereocenters. The van der Waals surface area contributed by atoms with Gasteiger partial charge in [-0.1, -0.05) is 0 Å². The van der Waals surface area contributed by atoms with E-state index >= 15 is 0 Å². The van der Waals surface area contributed by atoms with Gasteiger partial charge in [0.05, 0.1) is 17.4 Å². The van der Waals surface area contributed by atoms with Crippen LogP contribution in [0.15, 0.2) is 30.6 Å². The highest BCUT2D eigenvalue weighted by Crippen LogP contribution is 2.25. The van der Waals surface area contributed by atoms with Crippen LogP contribution in [0.1, 0.15) is 29.9 Å². The van der Waals surface area contributed by atoms with E-state index in [0.29, 0.717) is 0 Å². The third kappa shape index (κ3) is 3.07. The van der Waals surface area contributed by atoms with Gasteiger partial charge in [-0.05, 0) is 44.5 Å². The van der Waals surface area contributed by atoms with Crippen molar-refractivity contribution in [3.63, 3.8) is 0 Å². The van der Waals surface area contributed by atoms with E-state index < -0.39 is 0 Å². The quantitative estimate of drug-likeness (QED) is 0.925. The summed E-state index contributed by atoms with van der Waals surface area (Å²) in [6, 6.07) is 6.55. The smallest absolute Gasteiger partial charge is 0.0835 e. The number of rotatable bonds is 4. The van der Waals surface area contributed by atoms with Crippen LogP contribution in [0.3, 0.4) is 0 Å². The van der Waals surface area contributed by atoms with Crippen LogP contribution >= 0.6 is 0 Å². The molecule has 0 aliphatic heterocycles. The third-order valence-electron chi connectivity index (χ3n) is 3.43. The molecular formula is C16H22N4. The Morgan fingerprint density at radius 3 is 2.40 bits per heavy atom. The molecule has 1 aromatic heterocycles. The Kier molecular flexibility index (Phi) is 4.23. The van der Waals surface area contributed by atoms with Crippen LogP contribution in [0.4, 0.5) is 11.4 Å². The third-order valence-corrected chi connectivity index (χ3v) is 3.43. The molecule has 0 fully saturated rings. The van der Waals surface area contributed by atoms with Crippen molar-refractivity contribution in [2.45, 2.75) is 26.8 Å². The van der Waals surface area contributed by atoms with Gasteiger partial charge in [-0.3, -0.25) is 9.97 Å². The summed E-state index contributed by atoms with van der Waals surface area (Å²) in [7, 11) is 4.10. The van der Waals surface area contributed by atoms with Gasteiger partial charge in [0.15, 0.2) is 0 Å². The first-order valence-electron chi connectivity index (χ1n) is 6.81. The van der Waals surface area contributed by atoms with Gasteiger partial charge in [0.1, 0.15) is 0 Å². The van der Waals surface area contributed by atoms with Crippen molar-refractivity contribution in [2.75, 3.05) is 24.3 Å². The summed E-state index contributed by atoms with van der Waals surface area (Å²) in [5, 5.41) is 3.51. The molecule has 1 heterocycles. The second-order valence-electron chi connectivity index (χ2n) is 5.29. The van der Waals surface area contributed by atoms with E-state index in [1.54, 1.807) is 12.4 Å². The summed E-state index contributed by atoms with van der Waals surface area (Å²) in [5.74, 6) is 0. The predicted molar refractivity (Wildman–Crippen MR) is 84.3 cm³/mol. The van der Waals surface area contributed by atoms with Crippen molar-refractivity contribution in [1.82, 2.24) is 9.97 Å². The Morgan fingerprint density at radius 2 is 1.80 bits per heavy atom. The van der Waals surface area contributed by atoms with Crippen molar-refractivity contribution >= 4 is 11.4 Å². The van der Waals surface area contributed by atoms with Crippen LogP contribution in [0.25, 0.3) is 0 Å². The van der Waals surface area contributed by atoms with Crippen LogP contribution < -0.4 is 10.2 Å². The van der Waals surface area contributed by atoms with Crippen LogP contribution in [0, 0.1) is 13.8 Å². The largest absolute Gasteiger partial charge is 0.378 e. The molecule has 0 radical (unpaired) electrons. The van der Waals surface area contributed by atoms with Crippen LogP contribution in [-0.2, 0) is 0 Å². The fourth-order valence-electron chi connectivity index (χ4n) is 2.23. The van der Waals surface area contributed by atoms with E-state index in [1.165, 1.54) is 11.3 Å². The first kappa shape index (κ1) is 14.3. The average Bonchev–Trinajstić information content (AvgIpc) is 2.41. The zero-order valence-corrected chi connectivity index (χ0v) is 12.8. The molecule has 1 aromatic carbocycles. The molecule has 4 nitrogen and oxygen atoms in total. The van der Waals surface area contributed by atoms with E-state index in [0.717, 1.165) is 17.1 Å². The predicted octanol–water partition coefficient (Wildman–Crippen LogP) is 3.33. The lowest BCUT2D eigenvalue weighted by molar-refractivity contribution is 0.809. The lowest BCUT2D eigenvalue weighted by atomic mass is 10.1. The minimum Gasteiger partial charge on any atom is -0.378 e. The van der Waals surface area contributed by atoms with Gasteiger partial charge in [-0.2, -0.15) is 0 Å². The molecule has 106 valence electrons. The maximum absolute atomic E-state index is 4.42. The van der Waals surface area contributed by atoms with Gasteiger partial charge in [0.2, 0.25) is 0 Å². The van der Waals surface area contributed by atoms with E-state index in [1.807, 2.05) is 21.0 Å². The molecule has 0 amide bonds. The van der Waals surface area contributed by atoms with Crippen LogP contribution in [0.5, 0.6) is 0 Å². The van der Waals surface area contributed by atoms with Crippen LogP contribution in [0.2, 0.25) is 0 Å². The van der Waals surface area contributed by atoms with E-state index in [2.05, 4.69) is 52.2 Å². The van der Waals surface area contributed by atoms with E-state index in [-0.39, 0.29) is 6.04 Å². The normalized spacial score (nSPS) is 12.1. The highest BCUT2D eigenvalue weighted by Gasteiger charge is 2.11. The van der Waals surface area contributed by atoms with Crippen molar-refractivity contribution < 1.29 is 0 Å². The monoisotopic (exact) mass is 270 g/mol. The maximum atomic E-state index is 4.42. The lowest BCUT2D eigenvalue weighted by Crippen LogP contribution is -2.13. The minimum atomic E-state index is 0.132. The number of aryl methyl sites for hydroxylation is 2. The summed E-state index contributed by atoms with van der Waals surface area (Å²) >= 11 is 0. The first-order chi connectivity index (χ1) is 9.49. The Labute approximate surface area is 120 Å². The molecule has 0 aliphatic rings. The second-order valence-corrected chi connectivity index (χ2v) is 5.29. The van der Waals surface area contributed by atoms with Gasteiger partial charge in [-0.25, -0.2) is 0 Å². The number of nitrogens with one attached hydrogen (secondary N) is 1. The molecule has 4 heteroatoms. The van der Waals surface area contributed by atoms with Gasteiger partial charge in [0, 0.05) is 37.9 Å². The average molecular weight is 270 g/mol. The molecule has 0 saturated carbocycles. The highest BCUT2D eigenvalue weighted by molar-refractivity contribution is 5.60. The first-order valence-corrected chi connectivity index (χ1v) is 6.81. The van der Waals surface area contributed by atoms with Crippen molar-refractivity contribution in [3.8, 4) is 0 Å². The molecule has 2 aromatic rings. The number of hydrogen-bond donors (Lipinski definition) is 1. The zero-order chi connectivity index (χ0) is 14.7. The Balaban J connectivity index is 2.20. The summed E-state index contributed by atoms with van der Waals surface area (Å²) in [4.78, 5) is 10.8. The number of aromatic nitrogens is 2. The zero-order valence-electron chi connectivity index (χ0n) is 12.8. The number of anilines is 2. The molecule has 0 saturated heterocycles. The molecule has 0 aliphatic carbocycles. The summed E-state index contributed by atoms with van der Waals surface area (Å²) < 4.78 is 0. The van der Waals surface area contributed by atoms with Crippen molar-refractivity contribution in [3.05, 3.63) is 47.5 Å².